The van der Waals surface area contributed by atoms with Gasteiger partial charge in [-0.2, -0.15) is 0 Å². The van der Waals surface area contributed by atoms with Crippen molar-refractivity contribution in [3.63, 3.8) is 0 Å². The molecule has 1 heterocycles. The number of rotatable bonds is 5. The van der Waals surface area contributed by atoms with Crippen molar-refractivity contribution in [2.45, 2.75) is 13.8 Å². The summed E-state index contributed by atoms with van der Waals surface area (Å²) < 4.78 is 10.6. The first-order valence-corrected chi connectivity index (χ1v) is 10.6. The van der Waals surface area contributed by atoms with Crippen molar-refractivity contribution in [3.8, 4) is 11.5 Å². The second kappa shape index (κ2) is 9.23. The van der Waals surface area contributed by atoms with Gasteiger partial charge >= 0.3 is 6.03 Å². The fraction of sp³-hybridized carbons (Fsp3) is 0.148. The van der Waals surface area contributed by atoms with Crippen LogP contribution in [0.2, 0.25) is 0 Å². The Morgan fingerprint density at radius 1 is 0.676 bits per heavy atom. The summed E-state index contributed by atoms with van der Waals surface area (Å²) in [4.78, 5) is 42.6. The van der Waals surface area contributed by atoms with Crippen LogP contribution >= 0.6 is 0 Å². The predicted molar refractivity (Wildman–Crippen MR) is 130 cm³/mol. The molecule has 7 nitrogen and oxygen atoms in total. The van der Waals surface area contributed by atoms with Crippen LogP contribution in [0.4, 0.5) is 16.2 Å². The van der Waals surface area contributed by atoms with Crippen LogP contribution in [0.15, 0.2) is 72.3 Å². The molecule has 1 saturated heterocycles. The molecule has 172 valence electrons. The Balaban J connectivity index is 1.88. The molecule has 0 atom stereocenters. The van der Waals surface area contributed by atoms with Crippen molar-refractivity contribution in [3.05, 3.63) is 89.0 Å². The van der Waals surface area contributed by atoms with Gasteiger partial charge in [-0.1, -0.05) is 30.3 Å². The molecule has 3 aromatic carbocycles. The Hall–Kier alpha value is -4.39. The molecule has 4 rings (SSSR count). The molecule has 0 N–H and O–H groups in total. The van der Waals surface area contributed by atoms with Crippen LogP contribution < -0.4 is 19.3 Å². The van der Waals surface area contributed by atoms with Gasteiger partial charge in [-0.15, -0.1) is 0 Å². The van der Waals surface area contributed by atoms with E-state index in [1.807, 2.05) is 26.0 Å². The minimum absolute atomic E-state index is 0.144. The number of anilines is 2. The molecule has 0 aromatic heterocycles. The molecular formula is C27H24N2O5. The summed E-state index contributed by atoms with van der Waals surface area (Å²) in [7, 11) is 3.03. The van der Waals surface area contributed by atoms with E-state index in [9.17, 15) is 14.4 Å². The van der Waals surface area contributed by atoms with E-state index in [1.54, 1.807) is 54.6 Å². The highest BCUT2D eigenvalue weighted by Crippen LogP contribution is 2.32. The third kappa shape index (κ3) is 4.15. The molecular weight excluding hydrogens is 432 g/mol. The Morgan fingerprint density at radius 3 is 1.68 bits per heavy atom. The lowest BCUT2D eigenvalue weighted by Crippen LogP contribution is -2.57. The molecule has 0 saturated carbocycles. The zero-order valence-electron chi connectivity index (χ0n) is 19.4. The third-order valence-corrected chi connectivity index (χ3v) is 5.49. The second-order valence-electron chi connectivity index (χ2n) is 7.91. The summed E-state index contributed by atoms with van der Waals surface area (Å²) in [5.74, 6) is -0.419. The highest BCUT2D eigenvalue weighted by Gasteiger charge is 2.43. The number of methoxy groups -OCH3 is 2. The van der Waals surface area contributed by atoms with Crippen LogP contribution in [-0.2, 0) is 9.59 Å². The van der Waals surface area contributed by atoms with Gasteiger partial charge in [0.25, 0.3) is 11.8 Å². The van der Waals surface area contributed by atoms with Gasteiger partial charge in [-0.3, -0.25) is 9.59 Å². The fourth-order valence-electron chi connectivity index (χ4n) is 3.83. The number of hydrogen-bond donors (Lipinski definition) is 0. The number of benzene rings is 3. The Bertz CT molecular complexity index is 1260. The summed E-state index contributed by atoms with van der Waals surface area (Å²) in [6.45, 7) is 3.73. The van der Waals surface area contributed by atoms with Crippen molar-refractivity contribution in [1.82, 2.24) is 0 Å². The minimum atomic E-state index is -0.726. The predicted octanol–water partition coefficient (Wildman–Crippen LogP) is 4.90. The van der Waals surface area contributed by atoms with Gasteiger partial charge in [0.2, 0.25) is 0 Å². The maximum atomic E-state index is 13.5. The molecule has 4 amide bonds. The lowest BCUT2D eigenvalue weighted by atomic mass is 10.0. The number of barbiturate groups is 1. The monoisotopic (exact) mass is 456 g/mol. The SMILES string of the molecule is COc1ccc(C=C2C(=O)N(c3cccc(C)c3)C(=O)N(c3cccc(C)c3)C2=O)cc1OC. The van der Waals surface area contributed by atoms with E-state index in [0.29, 0.717) is 28.4 Å². The van der Waals surface area contributed by atoms with Crippen molar-refractivity contribution >= 4 is 35.3 Å². The molecule has 34 heavy (non-hydrogen) atoms. The van der Waals surface area contributed by atoms with Crippen molar-refractivity contribution in [2.75, 3.05) is 24.0 Å². The van der Waals surface area contributed by atoms with Gasteiger partial charge in [0, 0.05) is 0 Å². The molecule has 1 aliphatic heterocycles. The van der Waals surface area contributed by atoms with E-state index >= 15 is 0 Å². The number of ether oxygens (including phenoxy) is 2. The van der Waals surface area contributed by atoms with E-state index in [1.165, 1.54) is 20.3 Å². The van der Waals surface area contributed by atoms with Gasteiger partial charge in [-0.05, 0) is 73.0 Å². The molecule has 0 aliphatic carbocycles. The summed E-state index contributed by atoms with van der Waals surface area (Å²) >= 11 is 0. The van der Waals surface area contributed by atoms with Crippen molar-refractivity contribution in [2.24, 2.45) is 0 Å². The molecule has 3 aromatic rings. The highest BCUT2D eigenvalue weighted by atomic mass is 16.5. The van der Waals surface area contributed by atoms with E-state index in [-0.39, 0.29) is 5.57 Å². The molecule has 1 aliphatic rings. The Kier molecular flexibility index (Phi) is 6.19. The number of hydrogen-bond acceptors (Lipinski definition) is 5. The van der Waals surface area contributed by atoms with Gasteiger partial charge < -0.3 is 9.47 Å². The summed E-state index contributed by atoms with van der Waals surface area (Å²) in [5.41, 5.74) is 2.94. The summed E-state index contributed by atoms with van der Waals surface area (Å²) in [6, 6.07) is 18.4. The van der Waals surface area contributed by atoms with E-state index in [2.05, 4.69) is 0 Å². The quantitative estimate of drug-likeness (QED) is 0.403. The average Bonchev–Trinajstić information content (AvgIpc) is 2.82. The number of aryl methyl sites for hydroxylation is 2. The van der Waals surface area contributed by atoms with Gasteiger partial charge in [0.15, 0.2) is 11.5 Å². The van der Waals surface area contributed by atoms with Crippen molar-refractivity contribution < 1.29 is 23.9 Å². The third-order valence-electron chi connectivity index (χ3n) is 5.49. The second-order valence-corrected chi connectivity index (χ2v) is 7.91. The fourth-order valence-corrected chi connectivity index (χ4v) is 3.83. The summed E-state index contributed by atoms with van der Waals surface area (Å²) in [5, 5.41) is 0. The number of urea groups is 1. The van der Waals surface area contributed by atoms with E-state index in [4.69, 9.17) is 9.47 Å². The number of nitrogens with zero attached hydrogens (tertiary/aromatic N) is 2. The zero-order chi connectivity index (χ0) is 24.4. The number of carbonyl (C=O) groups is 3. The largest absolute Gasteiger partial charge is 0.493 e. The Morgan fingerprint density at radius 2 is 1.21 bits per heavy atom. The topological polar surface area (TPSA) is 76.2 Å². The zero-order valence-corrected chi connectivity index (χ0v) is 19.4. The van der Waals surface area contributed by atoms with Crippen LogP contribution in [-0.4, -0.2) is 32.1 Å². The molecule has 1 fully saturated rings. The van der Waals surface area contributed by atoms with Crippen LogP contribution in [0.25, 0.3) is 6.08 Å². The summed E-state index contributed by atoms with van der Waals surface area (Å²) in [6.07, 6.45) is 1.46. The first kappa shape index (κ1) is 22.8. The van der Waals surface area contributed by atoms with Crippen LogP contribution in [0.3, 0.4) is 0 Å². The number of imide groups is 2. The lowest BCUT2D eigenvalue weighted by molar-refractivity contribution is -0.121. The molecule has 0 bridgehead atoms. The Labute approximate surface area is 197 Å². The molecule has 0 spiro atoms. The average molecular weight is 456 g/mol. The number of carbonyl (C=O) groups excluding carboxylic acids is 3. The smallest absolute Gasteiger partial charge is 0.343 e. The van der Waals surface area contributed by atoms with Crippen LogP contribution in [0.5, 0.6) is 11.5 Å². The minimum Gasteiger partial charge on any atom is -0.493 e. The normalized spacial score (nSPS) is 13.9. The van der Waals surface area contributed by atoms with Gasteiger partial charge in [0.05, 0.1) is 25.6 Å². The molecule has 0 unspecified atom stereocenters. The molecule has 0 radical (unpaired) electrons. The first-order chi connectivity index (χ1) is 16.3. The lowest BCUT2D eigenvalue weighted by Gasteiger charge is -2.34. The van der Waals surface area contributed by atoms with E-state index in [0.717, 1.165) is 20.9 Å². The maximum absolute atomic E-state index is 13.5. The first-order valence-electron chi connectivity index (χ1n) is 10.6. The van der Waals surface area contributed by atoms with Crippen molar-refractivity contribution in [1.29, 1.82) is 0 Å². The maximum Gasteiger partial charge on any atom is 0.343 e. The number of amides is 4. The molecule has 7 heteroatoms. The van der Waals surface area contributed by atoms with Gasteiger partial charge in [-0.25, -0.2) is 14.6 Å². The highest BCUT2D eigenvalue weighted by molar-refractivity contribution is 6.46. The van der Waals surface area contributed by atoms with Gasteiger partial charge in [0.1, 0.15) is 5.57 Å². The standard InChI is InChI=1S/C27H24N2O5/c1-17-7-5-9-20(13-17)28-25(30)22(15-19-11-12-23(33-3)24(16-19)34-4)26(31)29(27(28)32)21-10-6-8-18(2)14-21/h5-16H,1-4H3. The van der Waals surface area contributed by atoms with Crippen LogP contribution in [0, 0.1) is 13.8 Å². The van der Waals surface area contributed by atoms with Crippen LogP contribution in [0.1, 0.15) is 16.7 Å². The van der Waals surface area contributed by atoms with E-state index < -0.39 is 17.8 Å².